The van der Waals surface area contributed by atoms with Gasteiger partial charge in [-0.15, -0.1) is 0 Å². The van der Waals surface area contributed by atoms with Crippen LogP contribution in [0.5, 0.6) is 0 Å². The van der Waals surface area contributed by atoms with E-state index in [4.69, 9.17) is 18.9 Å². The molecule has 0 aromatic heterocycles. The van der Waals surface area contributed by atoms with Gasteiger partial charge in [0.05, 0.1) is 38.1 Å². The molecule has 0 aromatic rings. The van der Waals surface area contributed by atoms with Gasteiger partial charge in [0.1, 0.15) is 0 Å². The SMILES string of the molecule is CC1=CC(C)C(C2OCC(C)OCC(C)OCC(C)O2)CC1. The summed E-state index contributed by atoms with van der Waals surface area (Å²) in [5.74, 6) is 0.878. The van der Waals surface area contributed by atoms with Crippen LogP contribution in [0, 0.1) is 11.8 Å². The molecule has 0 radical (unpaired) electrons. The van der Waals surface area contributed by atoms with Crippen molar-refractivity contribution >= 4 is 0 Å². The molecule has 2 aliphatic rings. The Kier molecular flexibility index (Phi) is 6.87. The Labute approximate surface area is 135 Å². The van der Waals surface area contributed by atoms with Crippen LogP contribution in [-0.4, -0.2) is 44.4 Å². The van der Waals surface area contributed by atoms with Crippen LogP contribution in [0.3, 0.4) is 0 Å². The van der Waals surface area contributed by atoms with Gasteiger partial charge in [-0.05, 0) is 46.5 Å². The molecule has 0 aromatic carbocycles. The largest absolute Gasteiger partial charge is 0.373 e. The predicted octanol–water partition coefficient (Wildman–Crippen LogP) is 3.55. The summed E-state index contributed by atoms with van der Waals surface area (Å²) in [7, 11) is 0. The number of hydrogen-bond acceptors (Lipinski definition) is 4. The highest BCUT2D eigenvalue weighted by molar-refractivity contribution is 5.06. The molecular formula is C18H32O4. The van der Waals surface area contributed by atoms with Crippen molar-refractivity contribution in [2.24, 2.45) is 11.8 Å². The zero-order chi connectivity index (χ0) is 16.1. The lowest BCUT2D eigenvalue weighted by Crippen LogP contribution is -2.37. The van der Waals surface area contributed by atoms with E-state index in [0.29, 0.717) is 31.7 Å². The second-order valence-electron chi connectivity index (χ2n) is 7.01. The maximum absolute atomic E-state index is 6.19. The van der Waals surface area contributed by atoms with Gasteiger partial charge in [0, 0.05) is 5.92 Å². The van der Waals surface area contributed by atoms with Crippen LogP contribution in [0.15, 0.2) is 11.6 Å². The molecule has 1 aliphatic carbocycles. The lowest BCUT2D eigenvalue weighted by Gasteiger charge is -2.35. The van der Waals surface area contributed by atoms with E-state index >= 15 is 0 Å². The highest BCUT2D eigenvalue weighted by Crippen LogP contribution is 2.33. The van der Waals surface area contributed by atoms with Gasteiger partial charge < -0.3 is 18.9 Å². The van der Waals surface area contributed by atoms with Crippen LogP contribution in [0.1, 0.15) is 47.5 Å². The summed E-state index contributed by atoms with van der Waals surface area (Å²) in [6.07, 6.45) is 4.60. The van der Waals surface area contributed by atoms with E-state index in [-0.39, 0.29) is 24.6 Å². The Hall–Kier alpha value is -0.420. The Morgan fingerprint density at radius 3 is 2.09 bits per heavy atom. The van der Waals surface area contributed by atoms with Crippen molar-refractivity contribution in [2.45, 2.75) is 72.1 Å². The van der Waals surface area contributed by atoms with Gasteiger partial charge in [0.15, 0.2) is 6.29 Å². The van der Waals surface area contributed by atoms with Gasteiger partial charge in [0.25, 0.3) is 0 Å². The van der Waals surface area contributed by atoms with Gasteiger partial charge in [-0.2, -0.15) is 0 Å². The molecule has 1 aliphatic heterocycles. The molecule has 1 fully saturated rings. The zero-order valence-corrected chi connectivity index (χ0v) is 14.7. The fourth-order valence-electron chi connectivity index (χ4n) is 3.16. The highest BCUT2D eigenvalue weighted by atomic mass is 16.7. The predicted molar refractivity (Wildman–Crippen MR) is 86.8 cm³/mol. The monoisotopic (exact) mass is 312 g/mol. The van der Waals surface area contributed by atoms with Gasteiger partial charge >= 0.3 is 0 Å². The minimum absolute atomic E-state index is 0.0278. The van der Waals surface area contributed by atoms with Crippen molar-refractivity contribution in [1.29, 1.82) is 0 Å². The van der Waals surface area contributed by atoms with Crippen LogP contribution in [0.25, 0.3) is 0 Å². The van der Waals surface area contributed by atoms with E-state index in [1.165, 1.54) is 5.57 Å². The first kappa shape index (κ1) is 17.9. The minimum Gasteiger partial charge on any atom is -0.373 e. The van der Waals surface area contributed by atoms with Crippen LogP contribution < -0.4 is 0 Å². The van der Waals surface area contributed by atoms with Crippen LogP contribution in [-0.2, 0) is 18.9 Å². The Morgan fingerprint density at radius 1 is 0.864 bits per heavy atom. The summed E-state index contributed by atoms with van der Waals surface area (Å²) in [5, 5.41) is 0. The second-order valence-corrected chi connectivity index (χ2v) is 7.01. The first-order chi connectivity index (χ1) is 10.5. The maximum Gasteiger partial charge on any atom is 0.161 e. The molecule has 6 atom stereocenters. The lowest BCUT2D eigenvalue weighted by atomic mass is 9.81. The average molecular weight is 312 g/mol. The molecule has 0 spiro atoms. The van der Waals surface area contributed by atoms with Crippen LogP contribution in [0.2, 0.25) is 0 Å². The van der Waals surface area contributed by atoms with E-state index in [0.717, 1.165) is 12.8 Å². The van der Waals surface area contributed by atoms with Crippen molar-refractivity contribution in [2.75, 3.05) is 19.8 Å². The Morgan fingerprint density at radius 2 is 1.45 bits per heavy atom. The molecule has 128 valence electrons. The average Bonchev–Trinajstić information content (AvgIpc) is 2.49. The summed E-state index contributed by atoms with van der Waals surface area (Å²) >= 11 is 0. The maximum atomic E-state index is 6.19. The zero-order valence-electron chi connectivity index (χ0n) is 14.7. The number of allylic oxidation sites excluding steroid dienone is 2. The molecule has 0 amide bonds. The molecule has 0 N–H and O–H groups in total. The summed E-state index contributed by atoms with van der Waals surface area (Å²) in [6, 6.07) is 0. The van der Waals surface area contributed by atoms with Gasteiger partial charge in [0.2, 0.25) is 0 Å². The van der Waals surface area contributed by atoms with E-state index in [2.05, 4.69) is 26.8 Å². The van der Waals surface area contributed by atoms with E-state index < -0.39 is 0 Å². The van der Waals surface area contributed by atoms with Crippen LogP contribution >= 0.6 is 0 Å². The Balaban J connectivity index is 2.03. The third-order valence-corrected chi connectivity index (χ3v) is 4.54. The molecule has 2 rings (SSSR count). The molecule has 22 heavy (non-hydrogen) atoms. The molecule has 1 heterocycles. The molecule has 1 saturated heterocycles. The second kappa shape index (κ2) is 8.44. The van der Waals surface area contributed by atoms with Gasteiger partial charge in [-0.25, -0.2) is 0 Å². The highest BCUT2D eigenvalue weighted by Gasteiger charge is 2.32. The quantitative estimate of drug-likeness (QED) is 0.694. The third kappa shape index (κ3) is 5.34. The van der Waals surface area contributed by atoms with Crippen molar-refractivity contribution in [3.05, 3.63) is 11.6 Å². The van der Waals surface area contributed by atoms with Crippen molar-refractivity contribution < 1.29 is 18.9 Å². The normalized spacial score (nSPS) is 42.3. The first-order valence-electron chi connectivity index (χ1n) is 8.63. The summed E-state index contributed by atoms with van der Waals surface area (Å²) < 4.78 is 23.9. The van der Waals surface area contributed by atoms with Crippen molar-refractivity contribution in [3.63, 3.8) is 0 Å². The first-order valence-corrected chi connectivity index (χ1v) is 8.63. The van der Waals surface area contributed by atoms with E-state index in [1.54, 1.807) is 0 Å². The fourth-order valence-corrected chi connectivity index (χ4v) is 3.16. The molecule has 6 unspecified atom stereocenters. The number of rotatable bonds is 1. The van der Waals surface area contributed by atoms with E-state index in [1.807, 2.05) is 13.8 Å². The van der Waals surface area contributed by atoms with Crippen molar-refractivity contribution in [3.8, 4) is 0 Å². The van der Waals surface area contributed by atoms with Gasteiger partial charge in [-0.3, -0.25) is 0 Å². The molecule has 0 bridgehead atoms. The number of hydrogen-bond donors (Lipinski definition) is 0. The minimum atomic E-state index is -0.183. The molecule has 0 saturated carbocycles. The lowest BCUT2D eigenvalue weighted by molar-refractivity contribution is -0.215. The topological polar surface area (TPSA) is 36.9 Å². The summed E-state index contributed by atoms with van der Waals surface area (Å²) in [5.41, 5.74) is 1.47. The smallest absolute Gasteiger partial charge is 0.161 e. The molecule has 4 heteroatoms. The molecular weight excluding hydrogens is 280 g/mol. The fraction of sp³-hybridized carbons (Fsp3) is 0.889. The standard InChI is InChI=1S/C18H32O4/c1-12-6-7-17(13(2)8-12)18-21-10-15(4)19-9-14(3)20-11-16(5)22-18/h8,13-18H,6-7,9-11H2,1-5H3. The Bertz CT molecular complexity index is 368. The van der Waals surface area contributed by atoms with E-state index in [9.17, 15) is 0 Å². The summed E-state index contributed by atoms with van der Waals surface area (Å²) in [4.78, 5) is 0. The van der Waals surface area contributed by atoms with Gasteiger partial charge in [-0.1, -0.05) is 18.6 Å². The summed E-state index contributed by atoms with van der Waals surface area (Å²) in [6.45, 7) is 12.3. The number of ether oxygens (including phenoxy) is 4. The van der Waals surface area contributed by atoms with Crippen molar-refractivity contribution in [1.82, 2.24) is 0 Å². The van der Waals surface area contributed by atoms with Crippen LogP contribution in [0.4, 0.5) is 0 Å². The third-order valence-electron chi connectivity index (χ3n) is 4.54. The molecule has 4 nitrogen and oxygen atoms in total.